The molecule has 2 aromatic carbocycles. The van der Waals surface area contributed by atoms with Crippen LogP contribution in [0.1, 0.15) is 5.56 Å². The number of anilines is 1. The Morgan fingerprint density at radius 2 is 1.93 bits per heavy atom. The number of hydrogen-bond donors (Lipinski definition) is 3. The third kappa shape index (κ3) is 3.75. The van der Waals surface area contributed by atoms with E-state index in [1.807, 2.05) is 30.5 Å². The summed E-state index contributed by atoms with van der Waals surface area (Å²) in [4.78, 5) is 30.5. The lowest BCUT2D eigenvalue weighted by molar-refractivity contribution is -0.139. The Morgan fingerprint density at radius 1 is 1.14 bits per heavy atom. The van der Waals surface area contributed by atoms with Crippen LogP contribution in [0.15, 0.2) is 54.7 Å². The molecule has 7 heteroatoms. The zero-order valence-corrected chi connectivity index (χ0v) is 15.2. The van der Waals surface area contributed by atoms with Crippen molar-refractivity contribution in [3.63, 3.8) is 0 Å². The number of aromatic nitrogens is 1. The Labute approximate surface area is 161 Å². The molecule has 28 heavy (non-hydrogen) atoms. The van der Waals surface area contributed by atoms with Crippen LogP contribution in [0, 0.1) is 5.82 Å². The summed E-state index contributed by atoms with van der Waals surface area (Å²) in [6, 6.07) is 12.8. The number of nitrogens with zero attached hydrogens (tertiary/aromatic N) is 1. The molecule has 2 heterocycles. The Balaban J connectivity index is 1.48. The lowest BCUT2D eigenvalue weighted by Gasteiger charge is -2.35. The van der Waals surface area contributed by atoms with Crippen molar-refractivity contribution in [2.75, 3.05) is 25.0 Å². The molecule has 1 saturated heterocycles. The first kappa shape index (κ1) is 18.2. The Bertz CT molecular complexity index is 999. The van der Waals surface area contributed by atoms with Gasteiger partial charge in [0.2, 0.25) is 11.8 Å². The lowest BCUT2D eigenvalue weighted by atomic mass is 10.1. The summed E-state index contributed by atoms with van der Waals surface area (Å²) in [5, 5.41) is 6.94. The van der Waals surface area contributed by atoms with Crippen molar-refractivity contribution in [2.45, 2.75) is 12.5 Å². The third-order valence-electron chi connectivity index (χ3n) is 4.99. The largest absolute Gasteiger partial charge is 0.361 e. The Kier molecular flexibility index (Phi) is 5.08. The number of para-hydroxylation sites is 1. The van der Waals surface area contributed by atoms with E-state index >= 15 is 0 Å². The van der Waals surface area contributed by atoms with E-state index in [2.05, 4.69) is 15.6 Å². The van der Waals surface area contributed by atoms with Crippen LogP contribution in [0.2, 0.25) is 0 Å². The highest BCUT2D eigenvalue weighted by molar-refractivity contribution is 5.98. The maximum Gasteiger partial charge on any atom is 0.248 e. The van der Waals surface area contributed by atoms with Gasteiger partial charge in [-0.3, -0.25) is 9.59 Å². The molecule has 1 unspecified atom stereocenters. The number of carbonyl (C=O) groups is 2. The maximum atomic E-state index is 13.1. The third-order valence-corrected chi connectivity index (χ3v) is 4.99. The molecule has 0 aliphatic carbocycles. The molecule has 1 aliphatic rings. The fraction of sp³-hybridized carbons (Fsp3) is 0.238. The monoisotopic (exact) mass is 380 g/mol. The second-order valence-corrected chi connectivity index (χ2v) is 6.84. The fourth-order valence-corrected chi connectivity index (χ4v) is 3.54. The summed E-state index contributed by atoms with van der Waals surface area (Å²) in [6.45, 7) is 1.48. The van der Waals surface area contributed by atoms with Crippen LogP contribution in [0.25, 0.3) is 10.9 Å². The van der Waals surface area contributed by atoms with Gasteiger partial charge in [0.15, 0.2) is 0 Å². The fourth-order valence-electron chi connectivity index (χ4n) is 3.54. The van der Waals surface area contributed by atoms with E-state index in [1.165, 1.54) is 24.3 Å². The van der Waals surface area contributed by atoms with Crippen LogP contribution in [-0.2, 0) is 16.0 Å². The molecule has 0 saturated carbocycles. The Hall–Kier alpha value is -3.19. The van der Waals surface area contributed by atoms with Crippen molar-refractivity contribution in [2.24, 2.45) is 0 Å². The number of carbonyl (C=O) groups excluding carboxylic acids is 2. The van der Waals surface area contributed by atoms with Crippen molar-refractivity contribution < 1.29 is 14.0 Å². The molecule has 0 spiro atoms. The first-order chi connectivity index (χ1) is 13.6. The molecule has 1 aliphatic heterocycles. The van der Waals surface area contributed by atoms with E-state index in [-0.39, 0.29) is 24.1 Å². The molecule has 3 N–H and O–H groups in total. The molecule has 6 nitrogen and oxygen atoms in total. The molecule has 4 rings (SSSR count). The van der Waals surface area contributed by atoms with Crippen LogP contribution in [0.5, 0.6) is 0 Å². The zero-order chi connectivity index (χ0) is 19.5. The number of nitrogens with one attached hydrogen (secondary N) is 3. The smallest absolute Gasteiger partial charge is 0.248 e. The van der Waals surface area contributed by atoms with Crippen molar-refractivity contribution in [3.8, 4) is 0 Å². The summed E-state index contributed by atoms with van der Waals surface area (Å²) in [5.41, 5.74) is 2.40. The highest BCUT2D eigenvalue weighted by Crippen LogP contribution is 2.20. The molecular weight excluding hydrogens is 359 g/mol. The first-order valence-electron chi connectivity index (χ1n) is 9.23. The van der Waals surface area contributed by atoms with Crippen molar-refractivity contribution in [1.29, 1.82) is 0 Å². The van der Waals surface area contributed by atoms with E-state index in [0.717, 1.165) is 16.5 Å². The molecule has 144 valence electrons. The van der Waals surface area contributed by atoms with Gasteiger partial charge in [-0.1, -0.05) is 18.2 Å². The van der Waals surface area contributed by atoms with Crippen LogP contribution in [0.3, 0.4) is 0 Å². The quantitative estimate of drug-likeness (QED) is 0.650. The number of halogens is 1. The summed E-state index contributed by atoms with van der Waals surface area (Å²) in [6.07, 6.45) is 2.07. The summed E-state index contributed by atoms with van der Waals surface area (Å²) in [5.74, 6) is -0.746. The average Bonchev–Trinajstić information content (AvgIpc) is 3.12. The molecule has 1 fully saturated rings. The number of benzene rings is 2. The van der Waals surface area contributed by atoms with Crippen molar-refractivity contribution in [3.05, 3.63) is 66.1 Å². The van der Waals surface area contributed by atoms with E-state index in [9.17, 15) is 14.0 Å². The van der Waals surface area contributed by atoms with Gasteiger partial charge >= 0.3 is 0 Å². The number of amides is 2. The van der Waals surface area contributed by atoms with Crippen molar-refractivity contribution in [1.82, 2.24) is 15.2 Å². The van der Waals surface area contributed by atoms with Gasteiger partial charge in [0, 0.05) is 42.4 Å². The van der Waals surface area contributed by atoms with E-state index in [4.69, 9.17) is 0 Å². The minimum Gasteiger partial charge on any atom is -0.361 e. The average molecular weight is 380 g/mol. The highest BCUT2D eigenvalue weighted by atomic mass is 19.1. The minimum atomic E-state index is -0.614. The summed E-state index contributed by atoms with van der Waals surface area (Å²) >= 11 is 0. The number of piperazine rings is 1. The van der Waals surface area contributed by atoms with Gasteiger partial charge in [-0.15, -0.1) is 0 Å². The number of hydrogen-bond acceptors (Lipinski definition) is 3. The molecule has 1 aromatic heterocycles. The normalized spacial score (nSPS) is 16.9. The van der Waals surface area contributed by atoms with Crippen LogP contribution < -0.4 is 10.6 Å². The van der Waals surface area contributed by atoms with Gasteiger partial charge in [0.1, 0.15) is 11.9 Å². The van der Waals surface area contributed by atoms with Gasteiger partial charge in [-0.05, 0) is 35.9 Å². The van der Waals surface area contributed by atoms with Crippen LogP contribution >= 0.6 is 0 Å². The molecule has 1 atom stereocenters. The predicted molar refractivity (Wildman–Crippen MR) is 105 cm³/mol. The lowest BCUT2D eigenvalue weighted by Crippen LogP contribution is -2.58. The minimum absolute atomic E-state index is 0.0921. The number of fused-ring (bicyclic) bond motifs is 1. The van der Waals surface area contributed by atoms with Gasteiger partial charge in [-0.2, -0.15) is 0 Å². The molecule has 2 amide bonds. The SMILES string of the molecule is O=C(Nc1ccc(F)cc1)C1CNCCN1C(=O)Cc1c[nH]c2ccccc12. The summed E-state index contributed by atoms with van der Waals surface area (Å²) in [7, 11) is 0. The molecule has 0 radical (unpaired) electrons. The van der Waals surface area contributed by atoms with E-state index in [1.54, 1.807) is 4.90 Å². The predicted octanol–water partition coefficient (Wildman–Crippen LogP) is 2.29. The number of aromatic amines is 1. The first-order valence-corrected chi connectivity index (χ1v) is 9.23. The standard InChI is InChI=1S/C21H21FN4O2/c22-15-5-7-16(8-6-15)25-21(28)19-13-23-9-10-26(19)20(27)11-14-12-24-18-4-2-1-3-17(14)18/h1-8,12,19,23-24H,9-11,13H2,(H,25,28). The molecular formula is C21H21FN4O2. The molecule has 0 bridgehead atoms. The highest BCUT2D eigenvalue weighted by Gasteiger charge is 2.32. The number of H-pyrrole nitrogens is 1. The zero-order valence-electron chi connectivity index (χ0n) is 15.2. The topological polar surface area (TPSA) is 77.2 Å². The van der Waals surface area contributed by atoms with E-state index in [0.29, 0.717) is 25.3 Å². The Morgan fingerprint density at radius 3 is 2.75 bits per heavy atom. The second-order valence-electron chi connectivity index (χ2n) is 6.84. The van der Waals surface area contributed by atoms with Gasteiger partial charge in [0.05, 0.1) is 6.42 Å². The van der Waals surface area contributed by atoms with Gasteiger partial charge in [-0.25, -0.2) is 4.39 Å². The van der Waals surface area contributed by atoms with E-state index < -0.39 is 6.04 Å². The van der Waals surface area contributed by atoms with Crippen LogP contribution in [0.4, 0.5) is 10.1 Å². The molecule has 3 aromatic rings. The summed E-state index contributed by atoms with van der Waals surface area (Å²) < 4.78 is 13.1. The maximum absolute atomic E-state index is 13.1. The van der Waals surface area contributed by atoms with Gasteiger partial charge in [0.25, 0.3) is 0 Å². The van der Waals surface area contributed by atoms with Crippen LogP contribution in [-0.4, -0.2) is 47.4 Å². The number of rotatable bonds is 4. The second kappa shape index (κ2) is 7.82. The van der Waals surface area contributed by atoms with Gasteiger partial charge < -0.3 is 20.5 Å². The van der Waals surface area contributed by atoms with Crippen molar-refractivity contribution >= 4 is 28.4 Å².